The maximum Gasteiger partial charge on any atom is 0.275 e. The van der Waals surface area contributed by atoms with Gasteiger partial charge in [-0.05, 0) is 30.5 Å². The smallest absolute Gasteiger partial charge is 0.275 e. The molecule has 3 rings (SSSR count). The van der Waals surface area contributed by atoms with E-state index in [9.17, 15) is 4.79 Å². The highest BCUT2D eigenvalue weighted by atomic mass is 32.1. The lowest BCUT2D eigenvalue weighted by atomic mass is 10.1. The van der Waals surface area contributed by atoms with E-state index in [0.717, 1.165) is 29.4 Å². The van der Waals surface area contributed by atoms with Crippen molar-refractivity contribution in [2.24, 2.45) is 5.92 Å². The van der Waals surface area contributed by atoms with Gasteiger partial charge in [0.2, 0.25) is 4.96 Å². The van der Waals surface area contributed by atoms with E-state index in [1.807, 2.05) is 25.1 Å². The maximum atomic E-state index is 12.3. The Morgan fingerprint density at radius 1 is 1.14 bits per heavy atom. The van der Waals surface area contributed by atoms with E-state index in [0.29, 0.717) is 28.9 Å². The first kappa shape index (κ1) is 20.3. The van der Waals surface area contributed by atoms with Gasteiger partial charge in [-0.25, -0.2) is 4.98 Å². The van der Waals surface area contributed by atoms with Crippen LogP contribution >= 0.6 is 11.3 Å². The van der Waals surface area contributed by atoms with Crippen LogP contribution in [0, 0.1) is 12.8 Å². The van der Waals surface area contributed by atoms with Gasteiger partial charge in [-0.15, -0.1) is 0 Å². The predicted octanol–water partition coefficient (Wildman–Crippen LogP) is 3.13. The lowest BCUT2D eigenvalue weighted by Gasteiger charge is -2.24. The van der Waals surface area contributed by atoms with Crippen molar-refractivity contribution in [3.05, 3.63) is 50.9 Å². The lowest BCUT2D eigenvalue weighted by Crippen LogP contribution is -2.28. The van der Waals surface area contributed by atoms with E-state index in [1.165, 1.54) is 15.9 Å². The van der Waals surface area contributed by atoms with Crippen molar-refractivity contribution >= 4 is 16.3 Å². The van der Waals surface area contributed by atoms with Crippen molar-refractivity contribution in [2.45, 2.75) is 33.9 Å². The highest BCUT2D eigenvalue weighted by molar-refractivity contribution is 7.16. The molecule has 0 N–H and O–H groups in total. The molecular weight excluding hydrogens is 376 g/mol. The van der Waals surface area contributed by atoms with Gasteiger partial charge in [-0.3, -0.25) is 9.69 Å². The van der Waals surface area contributed by atoms with E-state index in [-0.39, 0.29) is 5.56 Å². The minimum Gasteiger partial charge on any atom is -0.493 e. The number of hydrogen-bond donors (Lipinski definition) is 0. The highest BCUT2D eigenvalue weighted by Crippen LogP contribution is 2.28. The fraction of sp³-hybridized carbons (Fsp3) is 0.450. The molecule has 150 valence electrons. The number of nitrogens with zero attached hydrogens (tertiary/aromatic N) is 4. The Bertz CT molecular complexity index is 1010. The van der Waals surface area contributed by atoms with Crippen LogP contribution in [0.15, 0.2) is 29.1 Å². The summed E-state index contributed by atoms with van der Waals surface area (Å²) < 4.78 is 12.1. The molecule has 0 saturated carbocycles. The summed E-state index contributed by atoms with van der Waals surface area (Å²) in [4.78, 5) is 19.9. The van der Waals surface area contributed by atoms with Gasteiger partial charge >= 0.3 is 0 Å². The largest absolute Gasteiger partial charge is 0.493 e. The van der Waals surface area contributed by atoms with Crippen molar-refractivity contribution in [1.82, 2.24) is 19.5 Å². The minimum absolute atomic E-state index is 0.139. The van der Waals surface area contributed by atoms with Crippen LogP contribution in [0.25, 0.3) is 4.96 Å². The highest BCUT2D eigenvalue weighted by Gasteiger charge is 2.14. The fourth-order valence-corrected chi connectivity index (χ4v) is 3.97. The van der Waals surface area contributed by atoms with Crippen LogP contribution in [0.5, 0.6) is 11.5 Å². The van der Waals surface area contributed by atoms with Crippen LogP contribution in [-0.2, 0) is 13.1 Å². The summed E-state index contributed by atoms with van der Waals surface area (Å²) in [5, 5.41) is 5.03. The number of ether oxygens (including phenoxy) is 2. The van der Waals surface area contributed by atoms with Crippen LogP contribution in [0.1, 0.15) is 30.1 Å². The average Bonchev–Trinajstić information content (AvgIpc) is 3.01. The Hall–Kier alpha value is -2.45. The van der Waals surface area contributed by atoms with Crippen molar-refractivity contribution < 1.29 is 9.47 Å². The third-order valence-electron chi connectivity index (χ3n) is 4.26. The molecule has 0 radical (unpaired) electrons. The number of fused-ring (bicyclic) bond motifs is 1. The van der Waals surface area contributed by atoms with E-state index in [2.05, 4.69) is 28.8 Å². The summed E-state index contributed by atoms with van der Waals surface area (Å²) in [7, 11) is 3.27. The molecule has 1 aromatic carbocycles. The number of benzene rings is 1. The Kier molecular flexibility index (Phi) is 6.31. The van der Waals surface area contributed by atoms with Crippen molar-refractivity contribution in [2.75, 3.05) is 20.8 Å². The molecule has 0 atom stereocenters. The van der Waals surface area contributed by atoms with Gasteiger partial charge in [0.1, 0.15) is 5.01 Å². The molecule has 2 aromatic heterocycles. The Morgan fingerprint density at radius 2 is 1.89 bits per heavy atom. The fourth-order valence-electron chi connectivity index (χ4n) is 3.20. The zero-order valence-corrected chi connectivity index (χ0v) is 17.7. The van der Waals surface area contributed by atoms with Gasteiger partial charge in [-0.1, -0.05) is 31.3 Å². The quantitative estimate of drug-likeness (QED) is 0.577. The van der Waals surface area contributed by atoms with Gasteiger partial charge in [0.05, 0.1) is 19.9 Å². The Balaban J connectivity index is 1.85. The molecule has 0 aliphatic carbocycles. The zero-order valence-electron chi connectivity index (χ0n) is 16.9. The van der Waals surface area contributed by atoms with Crippen LogP contribution in [0.4, 0.5) is 0 Å². The van der Waals surface area contributed by atoms with Crippen molar-refractivity contribution in [3.8, 4) is 11.5 Å². The third kappa shape index (κ3) is 4.69. The third-order valence-corrected chi connectivity index (χ3v) is 5.09. The molecule has 0 unspecified atom stereocenters. The Morgan fingerprint density at radius 3 is 2.57 bits per heavy atom. The van der Waals surface area contributed by atoms with E-state index in [4.69, 9.17) is 9.47 Å². The molecule has 0 aliphatic rings. The standard InChI is InChI=1S/C20H26N4O3S/c1-13(2)10-23(11-15-6-7-17(26-4)18(8-15)27-5)12-16-9-19(25)24-20(21-16)28-14(3)22-24/h6-9,13H,10-12H2,1-5H3. The number of methoxy groups -OCH3 is 2. The molecule has 0 spiro atoms. The number of aryl methyl sites for hydroxylation is 1. The molecule has 0 amide bonds. The van der Waals surface area contributed by atoms with Crippen LogP contribution in [-0.4, -0.2) is 40.3 Å². The SMILES string of the molecule is COc1ccc(CN(Cc2cc(=O)n3nc(C)sc3n2)CC(C)C)cc1OC. The van der Waals surface area contributed by atoms with Crippen molar-refractivity contribution in [1.29, 1.82) is 0 Å². The minimum atomic E-state index is -0.139. The Labute approximate surface area is 168 Å². The summed E-state index contributed by atoms with van der Waals surface area (Å²) in [6.45, 7) is 8.44. The van der Waals surface area contributed by atoms with Gasteiger partial charge in [-0.2, -0.15) is 9.61 Å². The zero-order chi connectivity index (χ0) is 20.3. The second-order valence-corrected chi connectivity index (χ2v) is 8.31. The molecule has 0 bridgehead atoms. The monoisotopic (exact) mass is 402 g/mol. The second kappa shape index (κ2) is 8.70. The predicted molar refractivity (Wildman–Crippen MR) is 110 cm³/mol. The molecule has 8 heteroatoms. The first-order chi connectivity index (χ1) is 13.4. The summed E-state index contributed by atoms with van der Waals surface area (Å²) in [5.74, 6) is 1.90. The summed E-state index contributed by atoms with van der Waals surface area (Å²) in [6.07, 6.45) is 0. The van der Waals surface area contributed by atoms with Gasteiger partial charge in [0, 0.05) is 25.7 Å². The van der Waals surface area contributed by atoms with Crippen LogP contribution in [0.2, 0.25) is 0 Å². The van der Waals surface area contributed by atoms with Crippen molar-refractivity contribution in [3.63, 3.8) is 0 Å². The normalized spacial score (nSPS) is 11.5. The molecule has 0 saturated heterocycles. The molecule has 0 aliphatic heterocycles. The molecular formula is C20H26N4O3S. The molecule has 3 aromatic rings. The van der Waals surface area contributed by atoms with Crippen LogP contribution in [0.3, 0.4) is 0 Å². The maximum absolute atomic E-state index is 12.3. The van der Waals surface area contributed by atoms with E-state index < -0.39 is 0 Å². The number of hydrogen-bond acceptors (Lipinski definition) is 7. The molecule has 2 heterocycles. The van der Waals surface area contributed by atoms with Crippen LogP contribution < -0.4 is 15.0 Å². The summed E-state index contributed by atoms with van der Waals surface area (Å²) in [6, 6.07) is 7.52. The number of aromatic nitrogens is 3. The number of rotatable bonds is 8. The first-order valence-corrected chi connectivity index (χ1v) is 10.0. The first-order valence-electron chi connectivity index (χ1n) is 9.19. The van der Waals surface area contributed by atoms with E-state index in [1.54, 1.807) is 20.3 Å². The molecule has 28 heavy (non-hydrogen) atoms. The molecule has 7 nitrogen and oxygen atoms in total. The second-order valence-electron chi connectivity index (χ2n) is 7.15. The lowest BCUT2D eigenvalue weighted by molar-refractivity contribution is 0.224. The van der Waals surface area contributed by atoms with E-state index >= 15 is 0 Å². The van der Waals surface area contributed by atoms with Gasteiger partial charge in [0.15, 0.2) is 11.5 Å². The van der Waals surface area contributed by atoms with Gasteiger partial charge < -0.3 is 9.47 Å². The summed E-state index contributed by atoms with van der Waals surface area (Å²) >= 11 is 1.43. The molecule has 0 fully saturated rings. The van der Waals surface area contributed by atoms with Gasteiger partial charge in [0.25, 0.3) is 5.56 Å². The summed E-state index contributed by atoms with van der Waals surface area (Å²) in [5.41, 5.74) is 1.74. The topological polar surface area (TPSA) is 69.0 Å². The average molecular weight is 403 g/mol.